The van der Waals surface area contributed by atoms with Gasteiger partial charge in [-0.05, 0) is 57.7 Å². The van der Waals surface area contributed by atoms with Gasteiger partial charge in [-0.25, -0.2) is 19.3 Å². The molecule has 2 N–H and O–H groups in total. The molecule has 2 aromatic carbocycles. The molecule has 1 aliphatic rings. The zero-order valence-electron chi connectivity index (χ0n) is 25.4. The summed E-state index contributed by atoms with van der Waals surface area (Å²) < 4.78 is 13.3. The van der Waals surface area contributed by atoms with Crippen LogP contribution in [-0.2, 0) is 17.6 Å². The first-order valence-electron chi connectivity index (χ1n) is 14.9. The number of nitrogens with one attached hydrogen (secondary N) is 2. The van der Waals surface area contributed by atoms with E-state index in [1.54, 1.807) is 20.9 Å². The summed E-state index contributed by atoms with van der Waals surface area (Å²) in [5.74, 6) is 0.674. The van der Waals surface area contributed by atoms with Crippen molar-refractivity contribution in [2.45, 2.75) is 52.1 Å². The van der Waals surface area contributed by atoms with Crippen LogP contribution >= 0.6 is 11.3 Å². The van der Waals surface area contributed by atoms with Crippen molar-refractivity contribution in [3.8, 4) is 22.0 Å². The van der Waals surface area contributed by atoms with E-state index in [4.69, 9.17) is 14.5 Å². The van der Waals surface area contributed by atoms with Crippen molar-refractivity contribution in [2.24, 2.45) is 0 Å². The Bertz CT molecular complexity index is 1550. The Morgan fingerprint density at radius 2 is 1.95 bits per heavy atom. The standard InChI is InChI=1S/C32H39N7O4S/c1-32(2,3)43-31(41)34-14-8-7-11-24-21-39(37-36-24)26-12-13-27(28(20-26)42-18-17-38-16-15-33-30(38)40)29-35-25(22-44-29)19-23-9-5-4-6-10-23/h4-6,9-10,12-13,20-22H,7-8,11,14-19H2,1-3H3,(H,33,40)(H,34,41). The summed E-state index contributed by atoms with van der Waals surface area (Å²) in [5.41, 5.74) is 4.26. The highest BCUT2D eigenvalue weighted by molar-refractivity contribution is 7.13. The predicted octanol–water partition coefficient (Wildman–Crippen LogP) is 5.23. The van der Waals surface area contributed by atoms with Crippen LogP contribution < -0.4 is 15.4 Å². The van der Waals surface area contributed by atoms with Crippen LogP contribution in [0, 0.1) is 0 Å². The molecule has 1 fully saturated rings. The van der Waals surface area contributed by atoms with E-state index in [-0.39, 0.29) is 6.03 Å². The molecule has 0 bridgehead atoms. The molecule has 2 aromatic heterocycles. The number of ether oxygens (including phenoxy) is 2. The predicted molar refractivity (Wildman–Crippen MR) is 169 cm³/mol. The van der Waals surface area contributed by atoms with Crippen LogP contribution in [0.2, 0.25) is 0 Å². The Morgan fingerprint density at radius 3 is 2.73 bits per heavy atom. The van der Waals surface area contributed by atoms with Crippen molar-refractivity contribution in [2.75, 3.05) is 32.8 Å². The summed E-state index contributed by atoms with van der Waals surface area (Å²) >= 11 is 1.58. The van der Waals surface area contributed by atoms with Gasteiger partial charge in [0.1, 0.15) is 23.0 Å². The van der Waals surface area contributed by atoms with Crippen molar-refractivity contribution >= 4 is 23.5 Å². The number of aryl methyl sites for hydroxylation is 1. The van der Waals surface area contributed by atoms with E-state index < -0.39 is 11.7 Å². The summed E-state index contributed by atoms with van der Waals surface area (Å²) in [4.78, 5) is 30.5. The second kappa shape index (κ2) is 14.3. The first-order valence-corrected chi connectivity index (χ1v) is 15.8. The second-order valence-corrected chi connectivity index (χ2v) is 12.5. The molecule has 0 radical (unpaired) electrons. The maximum atomic E-state index is 12.0. The lowest BCUT2D eigenvalue weighted by Gasteiger charge is -2.19. The zero-order chi connectivity index (χ0) is 30.9. The van der Waals surface area contributed by atoms with Crippen LogP contribution in [0.25, 0.3) is 16.3 Å². The monoisotopic (exact) mass is 617 g/mol. The number of urea groups is 1. The second-order valence-electron chi connectivity index (χ2n) is 11.6. The van der Waals surface area contributed by atoms with Gasteiger partial charge in [0.15, 0.2) is 0 Å². The van der Waals surface area contributed by atoms with Gasteiger partial charge < -0.3 is 25.0 Å². The third-order valence-electron chi connectivity index (χ3n) is 6.87. The minimum Gasteiger partial charge on any atom is -0.491 e. The molecule has 11 nitrogen and oxygen atoms in total. The average Bonchev–Trinajstić information content (AvgIpc) is 3.75. The lowest BCUT2D eigenvalue weighted by atomic mass is 10.1. The molecule has 1 aliphatic heterocycles. The number of hydrogen-bond donors (Lipinski definition) is 2. The summed E-state index contributed by atoms with van der Waals surface area (Å²) in [6.07, 6.45) is 4.65. The van der Waals surface area contributed by atoms with Gasteiger partial charge in [-0.3, -0.25) is 0 Å². The van der Waals surface area contributed by atoms with Crippen LogP contribution in [-0.4, -0.2) is 75.4 Å². The van der Waals surface area contributed by atoms with Crippen molar-refractivity contribution in [1.29, 1.82) is 0 Å². The van der Waals surface area contributed by atoms with Crippen molar-refractivity contribution < 1.29 is 19.1 Å². The molecule has 4 aromatic rings. The van der Waals surface area contributed by atoms with Gasteiger partial charge in [0.25, 0.3) is 0 Å². The Kier molecular flexibility index (Phi) is 10.1. The number of benzene rings is 2. The smallest absolute Gasteiger partial charge is 0.407 e. The van der Waals surface area contributed by atoms with Crippen LogP contribution in [0.5, 0.6) is 5.75 Å². The maximum Gasteiger partial charge on any atom is 0.407 e. The summed E-state index contributed by atoms with van der Waals surface area (Å²) in [6, 6.07) is 16.1. The Balaban J connectivity index is 1.24. The molecule has 0 aliphatic carbocycles. The number of carbonyl (C=O) groups excluding carboxylic acids is 2. The summed E-state index contributed by atoms with van der Waals surface area (Å²) in [7, 11) is 0. The van der Waals surface area contributed by atoms with Crippen molar-refractivity contribution in [3.63, 3.8) is 0 Å². The first kappa shape index (κ1) is 31.0. The Morgan fingerprint density at radius 1 is 1.11 bits per heavy atom. The number of nitrogens with zero attached hydrogens (tertiary/aromatic N) is 5. The number of thiazole rings is 1. The molecule has 0 spiro atoms. The zero-order valence-corrected chi connectivity index (χ0v) is 26.2. The van der Waals surface area contributed by atoms with E-state index in [1.807, 2.05) is 63.4 Å². The molecule has 232 valence electrons. The Labute approximate surface area is 261 Å². The van der Waals surface area contributed by atoms with E-state index in [1.165, 1.54) is 5.56 Å². The van der Waals surface area contributed by atoms with Crippen molar-refractivity contribution in [3.05, 3.63) is 77.1 Å². The largest absolute Gasteiger partial charge is 0.491 e. The molecule has 44 heavy (non-hydrogen) atoms. The van der Waals surface area contributed by atoms with Gasteiger partial charge in [0.05, 0.1) is 35.4 Å². The van der Waals surface area contributed by atoms with Gasteiger partial charge >= 0.3 is 12.1 Å². The average molecular weight is 618 g/mol. The maximum absolute atomic E-state index is 12.0. The molecular weight excluding hydrogens is 578 g/mol. The number of alkyl carbamates (subject to hydrolysis) is 1. The number of rotatable bonds is 13. The first-order chi connectivity index (χ1) is 21.2. The Hall–Kier alpha value is -4.45. The minimum atomic E-state index is -0.512. The fourth-order valence-corrected chi connectivity index (χ4v) is 5.58. The van der Waals surface area contributed by atoms with E-state index >= 15 is 0 Å². The number of unbranched alkanes of at least 4 members (excludes halogenated alkanes) is 1. The normalized spacial score (nSPS) is 13.2. The number of amides is 3. The third kappa shape index (κ3) is 8.79. The number of aromatic nitrogens is 4. The highest BCUT2D eigenvalue weighted by Crippen LogP contribution is 2.34. The molecule has 0 atom stereocenters. The molecule has 12 heteroatoms. The summed E-state index contributed by atoms with van der Waals surface area (Å²) in [6.45, 7) is 8.23. The topological polar surface area (TPSA) is 124 Å². The third-order valence-corrected chi connectivity index (χ3v) is 7.80. The quantitative estimate of drug-likeness (QED) is 0.197. The van der Waals surface area contributed by atoms with Crippen LogP contribution in [0.4, 0.5) is 9.59 Å². The molecular formula is C32H39N7O4S. The molecule has 5 rings (SSSR count). The number of carbonyl (C=O) groups is 2. The minimum absolute atomic E-state index is 0.0659. The molecule has 3 amide bonds. The van der Waals surface area contributed by atoms with Gasteiger partial charge in [-0.1, -0.05) is 35.5 Å². The molecule has 0 unspecified atom stereocenters. The van der Waals surface area contributed by atoms with Crippen molar-refractivity contribution in [1.82, 2.24) is 35.5 Å². The van der Waals surface area contributed by atoms with Gasteiger partial charge in [-0.15, -0.1) is 16.4 Å². The van der Waals surface area contributed by atoms with Crippen LogP contribution in [0.3, 0.4) is 0 Å². The molecule has 1 saturated heterocycles. The van der Waals surface area contributed by atoms with Crippen LogP contribution in [0.1, 0.15) is 50.6 Å². The number of hydrogen-bond acceptors (Lipinski definition) is 8. The fraction of sp³-hybridized carbons (Fsp3) is 0.406. The summed E-state index contributed by atoms with van der Waals surface area (Å²) in [5, 5.41) is 17.3. The van der Waals surface area contributed by atoms with Gasteiger partial charge in [-0.2, -0.15) is 0 Å². The molecule has 0 saturated carbocycles. The van der Waals surface area contributed by atoms with Crippen LogP contribution in [0.15, 0.2) is 60.1 Å². The van der Waals surface area contributed by atoms with Gasteiger partial charge in [0, 0.05) is 37.5 Å². The van der Waals surface area contributed by atoms with E-state index in [2.05, 4.69) is 38.5 Å². The highest BCUT2D eigenvalue weighted by Gasteiger charge is 2.20. The lowest BCUT2D eigenvalue weighted by Crippen LogP contribution is -2.33. The van der Waals surface area contributed by atoms with E-state index in [0.29, 0.717) is 38.5 Å². The SMILES string of the molecule is CC(C)(C)OC(=O)NCCCCc1cn(-c2ccc(-c3nc(Cc4ccccc4)cs3)c(OCCN3CCNC3=O)c2)nn1. The highest BCUT2D eigenvalue weighted by atomic mass is 32.1. The van der Waals surface area contributed by atoms with Gasteiger partial charge in [0.2, 0.25) is 0 Å². The van der Waals surface area contributed by atoms with E-state index in [0.717, 1.165) is 53.3 Å². The van der Waals surface area contributed by atoms with E-state index in [9.17, 15) is 9.59 Å². The fourth-order valence-electron chi connectivity index (χ4n) is 4.73. The molecule has 3 heterocycles. The lowest BCUT2D eigenvalue weighted by molar-refractivity contribution is 0.0527.